The Morgan fingerprint density at radius 3 is 2.88 bits per heavy atom. The maximum atomic E-state index is 9.54. The van der Waals surface area contributed by atoms with Gasteiger partial charge in [0, 0.05) is 17.1 Å². The van der Waals surface area contributed by atoms with E-state index in [0.717, 1.165) is 29.3 Å². The second kappa shape index (κ2) is 3.72. The van der Waals surface area contributed by atoms with Crippen molar-refractivity contribution in [1.82, 2.24) is 4.98 Å². The maximum absolute atomic E-state index is 9.54. The van der Waals surface area contributed by atoms with Crippen molar-refractivity contribution in [2.75, 3.05) is 0 Å². The van der Waals surface area contributed by atoms with Gasteiger partial charge in [-0.2, -0.15) is 0 Å². The summed E-state index contributed by atoms with van der Waals surface area (Å²) in [4.78, 5) is 4.43. The summed E-state index contributed by atoms with van der Waals surface area (Å²) < 4.78 is 0. The predicted octanol–water partition coefficient (Wildman–Crippen LogP) is 2.77. The van der Waals surface area contributed by atoms with E-state index in [-0.39, 0.29) is 6.10 Å². The summed E-state index contributed by atoms with van der Waals surface area (Å²) in [6.45, 7) is 0. The van der Waals surface area contributed by atoms with Crippen molar-refractivity contribution < 1.29 is 5.11 Å². The molecular weight excluding hydrogens is 198 g/mol. The van der Waals surface area contributed by atoms with E-state index in [4.69, 9.17) is 0 Å². The van der Waals surface area contributed by atoms with Crippen molar-refractivity contribution in [2.45, 2.75) is 18.9 Å². The summed E-state index contributed by atoms with van der Waals surface area (Å²) in [5.74, 6) is 0. The van der Waals surface area contributed by atoms with Crippen molar-refractivity contribution in [3.8, 4) is 0 Å². The van der Waals surface area contributed by atoms with Crippen molar-refractivity contribution >= 4 is 16.5 Å². The molecule has 2 aromatic rings. The van der Waals surface area contributed by atoms with Crippen LogP contribution in [-0.4, -0.2) is 16.2 Å². The topological polar surface area (TPSA) is 33.1 Å². The highest BCUT2D eigenvalue weighted by Crippen LogP contribution is 2.31. The third-order valence-electron chi connectivity index (χ3n) is 3.08. The molecule has 1 aliphatic carbocycles. The molecule has 0 aliphatic heterocycles. The molecule has 2 nitrogen and oxygen atoms in total. The van der Waals surface area contributed by atoms with Gasteiger partial charge in [0.2, 0.25) is 0 Å². The standard InChI is InChI=1S/C14H13NO/c16-12-7-6-11(9-12)13-5-1-3-10-4-2-8-15-14(10)13/h1-5,8-9,12,16H,6-7H2. The van der Waals surface area contributed by atoms with Gasteiger partial charge in [0.15, 0.2) is 0 Å². The Hall–Kier alpha value is -1.67. The average molecular weight is 211 g/mol. The minimum atomic E-state index is -0.283. The second-order valence-electron chi connectivity index (χ2n) is 4.18. The first kappa shape index (κ1) is 9.55. The van der Waals surface area contributed by atoms with Crippen LogP contribution in [0.15, 0.2) is 42.6 Å². The zero-order valence-corrected chi connectivity index (χ0v) is 8.93. The van der Waals surface area contributed by atoms with Crippen LogP contribution in [0.4, 0.5) is 0 Å². The molecule has 1 aromatic heterocycles. The van der Waals surface area contributed by atoms with Gasteiger partial charge in [-0.3, -0.25) is 4.98 Å². The molecule has 1 aromatic carbocycles. The zero-order chi connectivity index (χ0) is 11.0. The highest BCUT2D eigenvalue weighted by Gasteiger charge is 2.16. The molecule has 0 spiro atoms. The van der Waals surface area contributed by atoms with E-state index in [1.807, 2.05) is 24.4 Å². The summed E-state index contributed by atoms with van der Waals surface area (Å²) in [5.41, 5.74) is 3.41. The Kier molecular flexibility index (Phi) is 2.22. The molecule has 2 heteroatoms. The van der Waals surface area contributed by atoms with E-state index >= 15 is 0 Å². The predicted molar refractivity (Wildman–Crippen MR) is 65.0 cm³/mol. The summed E-state index contributed by atoms with van der Waals surface area (Å²) >= 11 is 0. The number of pyridine rings is 1. The normalized spacial score (nSPS) is 20.1. The molecular formula is C14H13NO. The summed E-state index contributed by atoms with van der Waals surface area (Å²) in [7, 11) is 0. The third kappa shape index (κ3) is 1.51. The van der Waals surface area contributed by atoms with Crippen molar-refractivity contribution in [2.24, 2.45) is 0 Å². The lowest BCUT2D eigenvalue weighted by molar-refractivity contribution is 0.223. The molecule has 1 heterocycles. The van der Waals surface area contributed by atoms with E-state index < -0.39 is 0 Å². The quantitative estimate of drug-likeness (QED) is 0.786. The molecule has 1 atom stereocenters. The minimum Gasteiger partial charge on any atom is -0.389 e. The van der Waals surface area contributed by atoms with Crippen LogP contribution >= 0.6 is 0 Å². The lowest BCUT2D eigenvalue weighted by Crippen LogP contribution is -1.93. The van der Waals surface area contributed by atoms with E-state index in [0.29, 0.717) is 0 Å². The van der Waals surface area contributed by atoms with Crippen molar-refractivity contribution in [3.05, 3.63) is 48.2 Å². The Bertz CT molecular complexity index is 554. The highest BCUT2D eigenvalue weighted by atomic mass is 16.3. The molecule has 1 aliphatic rings. The third-order valence-corrected chi connectivity index (χ3v) is 3.08. The highest BCUT2D eigenvalue weighted by molar-refractivity contribution is 5.91. The van der Waals surface area contributed by atoms with Crippen LogP contribution in [0.3, 0.4) is 0 Å². The first-order valence-corrected chi connectivity index (χ1v) is 5.57. The molecule has 80 valence electrons. The van der Waals surface area contributed by atoms with Gasteiger partial charge in [-0.05, 0) is 24.5 Å². The molecule has 0 fully saturated rings. The minimum absolute atomic E-state index is 0.283. The first-order valence-electron chi connectivity index (χ1n) is 5.57. The average Bonchev–Trinajstić information content (AvgIpc) is 2.75. The van der Waals surface area contributed by atoms with Gasteiger partial charge < -0.3 is 5.11 Å². The number of nitrogens with zero attached hydrogens (tertiary/aromatic N) is 1. The number of benzene rings is 1. The lowest BCUT2D eigenvalue weighted by atomic mass is 10.0. The van der Waals surface area contributed by atoms with Gasteiger partial charge in [0.05, 0.1) is 11.6 Å². The Morgan fingerprint density at radius 2 is 2.06 bits per heavy atom. The molecule has 0 radical (unpaired) electrons. The van der Waals surface area contributed by atoms with Crippen LogP contribution in [-0.2, 0) is 0 Å². The monoisotopic (exact) mass is 211 g/mol. The van der Waals surface area contributed by atoms with Gasteiger partial charge in [-0.25, -0.2) is 0 Å². The molecule has 0 saturated carbocycles. The smallest absolute Gasteiger partial charge is 0.0776 e. The lowest BCUT2D eigenvalue weighted by Gasteiger charge is -2.05. The van der Waals surface area contributed by atoms with E-state index in [9.17, 15) is 5.11 Å². The molecule has 0 bridgehead atoms. The molecule has 0 amide bonds. The Morgan fingerprint density at radius 1 is 1.19 bits per heavy atom. The van der Waals surface area contributed by atoms with Crippen LogP contribution in [0, 0.1) is 0 Å². The number of hydrogen-bond acceptors (Lipinski definition) is 2. The number of hydrogen-bond donors (Lipinski definition) is 1. The second-order valence-corrected chi connectivity index (χ2v) is 4.18. The largest absolute Gasteiger partial charge is 0.389 e. The van der Waals surface area contributed by atoms with E-state index in [1.165, 1.54) is 5.57 Å². The van der Waals surface area contributed by atoms with Crippen LogP contribution in [0.25, 0.3) is 16.5 Å². The summed E-state index contributed by atoms with van der Waals surface area (Å²) in [5, 5.41) is 10.7. The van der Waals surface area contributed by atoms with Crippen LogP contribution < -0.4 is 0 Å². The molecule has 3 rings (SSSR count). The fraction of sp³-hybridized carbons (Fsp3) is 0.214. The van der Waals surface area contributed by atoms with Crippen molar-refractivity contribution in [1.29, 1.82) is 0 Å². The Labute approximate surface area is 94.3 Å². The fourth-order valence-corrected chi connectivity index (χ4v) is 2.29. The number of fused-ring (bicyclic) bond motifs is 1. The number of aromatic nitrogens is 1. The number of aliphatic hydroxyl groups excluding tert-OH is 1. The number of allylic oxidation sites excluding steroid dienone is 1. The summed E-state index contributed by atoms with van der Waals surface area (Å²) in [6.07, 6.45) is 5.25. The van der Waals surface area contributed by atoms with Crippen LogP contribution in [0.1, 0.15) is 18.4 Å². The fourth-order valence-electron chi connectivity index (χ4n) is 2.29. The van der Waals surface area contributed by atoms with Gasteiger partial charge in [0.1, 0.15) is 0 Å². The van der Waals surface area contributed by atoms with Gasteiger partial charge in [-0.15, -0.1) is 0 Å². The van der Waals surface area contributed by atoms with Crippen LogP contribution in [0.2, 0.25) is 0 Å². The Balaban J connectivity index is 2.20. The number of rotatable bonds is 1. The van der Waals surface area contributed by atoms with Crippen LogP contribution in [0.5, 0.6) is 0 Å². The van der Waals surface area contributed by atoms with E-state index in [1.54, 1.807) is 0 Å². The van der Waals surface area contributed by atoms with Gasteiger partial charge in [0.25, 0.3) is 0 Å². The summed E-state index contributed by atoms with van der Waals surface area (Å²) in [6, 6.07) is 10.2. The van der Waals surface area contributed by atoms with Gasteiger partial charge >= 0.3 is 0 Å². The molecule has 16 heavy (non-hydrogen) atoms. The number of aliphatic hydroxyl groups is 1. The number of para-hydroxylation sites is 1. The van der Waals surface area contributed by atoms with E-state index in [2.05, 4.69) is 23.2 Å². The molecule has 1 N–H and O–H groups in total. The zero-order valence-electron chi connectivity index (χ0n) is 8.93. The maximum Gasteiger partial charge on any atom is 0.0776 e. The van der Waals surface area contributed by atoms with Gasteiger partial charge in [-0.1, -0.05) is 30.3 Å². The molecule has 1 unspecified atom stereocenters. The molecule has 0 saturated heterocycles. The SMILES string of the molecule is OC1C=C(c2cccc3cccnc23)CC1. The first-order chi connectivity index (χ1) is 7.84. The van der Waals surface area contributed by atoms with Crippen molar-refractivity contribution in [3.63, 3.8) is 0 Å².